The summed E-state index contributed by atoms with van der Waals surface area (Å²) in [5.41, 5.74) is 1.20. The lowest BCUT2D eigenvalue weighted by molar-refractivity contribution is -0.130. The molecule has 3 aliphatic carbocycles. The molecule has 0 atom stereocenters. The SMILES string of the molecule is CC12CC(N/C=C3/C=C(C(=O)Oc4ccccc4)C(OC4CCC4)=CC3=N)(CO1)C2. The predicted molar refractivity (Wildman–Crippen MR) is 112 cm³/mol. The van der Waals surface area contributed by atoms with E-state index >= 15 is 0 Å². The first-order valence-electron chi connectivity index (χ1n) is 10.5. The predicted octanol–water partition coefficient (Wildman–Crippen LogP) is 3.80. The monoisotopic (exact) mass is 406 g/mol. The van der Waals surface area contributed by atoms with Crippen LogP contribution in [0.1, 0.15) is 39.0 Å². The van der Waals surface area contributed by atoms with Gasteiger partial charge in [0.25, 0.3) is 0 Å². The van der Waals surface area contributed by atoms with E-state index < -0.39 is 5.97 Å². The number of hydrogen-bond acceptors (Lipinski definition) is 6. The highest BCUT2D eigenvalue weighted by atomic mass is 16.5. The van der Waals surface area contributed by atoms with Gasteiger partial charge in [-0.05, 0) is 44.4 Å². The lowest BCUT2D eigenvalue weighted by Gasteiger charge is -2.42. The van der Waals surface area contributed by atoms with E-state index in [1.165, 1.54) is 0 Å². The van der Waals surface area contributed by atoms with Crippen LogP contribution in [0.5, 0.6) is 5.75 Å². The van der Waals surface area contributed by atoms with Gasteiger partial charge in [-0.25, -0.2) is 4.79 Å². The maximum absolute atomic E-state index is 12.9. The van der Waals surface area contributed by atoms with Crippen LogP contribution < -0.4 is 10.1 Å². The molecule has 0 amide bonds. The molecule has 6 heteroatoms. The molecule has 0 radical (unpaired) electrons. The number of para-hydroxylation sites is 1. The van der Waals surface area contributed by atoms with Crippen molar-refractivity contribution in [2.24, 2.45) is 0 Å². The summed E-state index contributed by atoms with van der Waals surface area (Å²) in [6.45, 7) is 2.79. The standard InChI is InChI=1S/C24H26N2O4/c1-23-13-24(14-23,15-28-23)26-12-16-10-19(22(27)30-18-6-3-2-4-7-18)21(11-20(16)25)29-17-8-5-9-17/h2-4,6-7,10-12,17,25-26H,5,8-9,13-15H2,1H3/b16-12-,25-20?. The third-order valence-electron chi connectivity index (χ3n) is 6.33. The van der Waals surface area contributed by atoms with Crippen molar-refractivity contribution in [1.29, 1.82) is 5.41 Å². The number of carbonyl (C=O) groups is 1. The van der Waals surface area contributed by atoms with E-state index in [2.05, 4.69) is 12.2 Å². The van der Waals surface area contributed by atoms with Gasteiger partial charge in [0.05, 0.1) is 29.6 Å². The molecule has 4 fully saturated rings. The molecule has 156 valence electrons. The number of nitrogens with one attached hydrogen (secondary N) is 2. The summed E-state index contributed by atoms with van der Waals surface area (Å²) in [4.78, 5) is 12.9. The van der Waals surface area contributed by atoms with Crippen molar-refractivity contribution in [3.05, 3.63) is 65.6 Å². The zero-order valence-electron chi connectivity index (χ0n) is 17.1. The Kier molecular flexibility index (Phi) is 4.54. The Bertz CT molecular complexity index is 966. The van der Waals surface area contributed by atoms with Crippen molar-refractivity contribution in [3.63, 3.8) is 0 Å². The van der Waals surface area contributed by atoms with Gasteiger partial charge in [-0.3, -0.25) is 0 Å². The lowest BCUT2D eigenvalue weighted by Crippen LogP contribution is -2.55. The molecular formula is C24H26N2O4. The van der Waals surface area contributed by atoms with Crippen LogP contribution >= 0.6 is 0 Å². The van der Waals surface area contributed by atoms with Gasteiger partial charge in [0.15, 0.2) is 0 Å². The highest BCUT2D eigenvalue weighted by Crippen LogP contribution is 2.51. The molecule has 5 aliphatic rings. The topological polar surface area (TPSA) is 80.6 Å². The average molecular weight is 406 g/mol. The van der Waals surface area contributed by atoms with Gasteiger partial charge in [0.1, 0.15) is 17.1 Å². The van der Waals surface area contributed by atoms with Gasteiger partial charge in [0, 0.05) is 30.7 Å². The second-order valence-electron chi connectivity index (χ2n) is 8.97. The summed E-state index contributed by atoms with van der Waals surface area (Å²) in [7, 11) is 0. The van der Waals surface area contributed by atoms with Crippen LogP contribution in [0, 0.1) is 5.41 Å². The lowest BCUT2D eigenvalue weighted by atomic mass is 9.69. The Balaban J connectivity index is 1.37. The number of carbonyl (C=O) groups excluding carboxylic acids is 1. The largest absolute Gasteiger partial charge is 0.489 e. The summed E-state index contributed by atoms with van der Waals surface area (Å²) >= 11 is 0. The summed E-state index contributed by atoms with van der Waals surface area (Å²) < 4.78 is 17.4. The van der Waals surface area contributed by atoms with Crippen LogP contribution in [0.3, 0.4) is 0 Å². The molecule has 1 aromatic rings. The molecule has 2 bridgehead atoms. The van der Waals surface area contributed by atoms with Gasteiger partial charge in [-0.15, -0.1) is 0 Å². The Hall–Kier alpha value is -2.86. The van der Waals surface area contributed by atoms with Gasteiger partial charge >= 0.3 is 5.97 Å². The van der Waals surface area contributed by atoms with Crippen molar-refractivity contribution < 1.29 is 19.0 Å². The Morgan fingerprint density at radius 2 is 2.00 bits per heavy atom. The number of esters is 1. The molecular weight excluding hydrogens is 380 g/mol. The van der Waals surface area contributed by atoms with E-state index in [1.807, 2.05) is 24.4 Å². The second-order valence-corrected chi connectivity index (χ2v) is 8.97. The first-order valence-corrected chi connectivity index (χ1v) is 10.5. The fraction of sp³-hybridized carbons (Fsp3) is 0.417. The van der Waals surface area contributed by atoms with Crippen LogP contribution in [-0.2, 0) is 14.3 Å². The van der Waals surface area contributed by atoms with Gasteiger partial charge in [0.2, 0.25) is 0 Å². The minimum absolute atomic E-state index is 0.0181. The van der Waals surface area contributed by atoms with E-state index in [0.717, 1.165) is 32.1 Å². The molecule has 1 aromatic carbocycles. The van der Waals surface area contributed by atoms with Crippen LogP contribution in [-0.4, -0.2) is 35.5 Å². The minimum atomic E-state index is -0.483. The fourth-order valence-corrected chi connectivity index (χ4v) is 4.56. The van der Waals surface area contributed by atoms with Crippen molar-refractivity contribution in [2.75, 3.05) is 6.61 Å². The molecule has 2 saturated carbocycles. The average Bonchev–Trinajstić information content (AvgIpc) is 3.18. The Morgan fingerprint density at radius 3 is 2.63 bits per heavy atom. The number of fused-ring (bicyclic) bond motifs is 1. The van der Waals surface area contributed by atoms with Crippen LogP contribution in [0.15, 0.2) is 65.6 Å². The van der Waals surface area contributed by atoms with Gasteiger partial charge < -0.3 is 24.9 Å². The number of rotatable bonds is 6. The van der Waals surface area contributed by atoms with Gasteiger partial charge in [-0.1, -0.05) is 18.2 Å². The van der Waals surface area contributed by atoms with E-state index in [4.69, 9.17) is 19.6 Å². The zero-order valence-corrected chi connectivity index (χ0v) is 17.1. The summed E-state index contributed by atoms with van der Waals surface area (Å²) in [6.07, 6.45) is 10.2. The number of ether oxygens (including phenoxy) is 3. The molecule has 30 heavy (non-hydrogen) atoms. The molecule has 0 aromatic heterocycles. The highest BCUT2D eigenvalue weighted by Gasteiger charge is 2.59. The third kappa shape index (κ3) is 3.56. The molecule has 6 nitrogen and oxygen atoms in total. The molecule has 2 heterocycles. The summed E-state index contributed by atoms with van der Waals surface area (Å²) in [5, 5.41) is 11.9. The normalized spacial score (nSPS) is 31.4. The molecule has 2 saturated heterocycles. The van der Waals surface area contributed by atoms with Gasteiger partial charge in [-0.2, -0.15) is 0 Å². The highest BCUT2D eigenvalue weighted by molar-refractivity contribution is 6.13. The Morgan fingerprint density at radius 1 is 1.23 bits per heavy atom. The van der Waals surface area contributed by atoms with Crippen LogP contribution in [0.25, 0.3) is 0 Å². The molecule has 0 unspecified atom stereocenters. The second kappa shape index (κ2) is 7.13. The summed E-state index contributed by atoms with van der Waals surface area (Å²) in [5.74, 6) is 0.413. The fourth-order valence-electron chi connectivity index (χ4n) is 4.56. The molecule has 2 aliphatic heterocycles. The number of hydrogen-bond donors (Lipinski definition) is 2. The first-order chi connectivity index (χ1) is 14.4. The van der Waals surface area contributed by atoms with Crippen LogP contribution in [0.4, 0.5) is 0 Å². The van der Waals surface area contributed by atoms with E-state index in [0.29, 0.717) is 35.0 Å². The van der Waals surface area contributed by atoms with E-state index in [9.17, 15) is 4.79 Å². The number of benzene rings is 1. The summed E-state index contributed by atoms with van der Waals surface area (Å²) in [6, 6.07) is 8.99. The Labute approximate surface area is 176 Å². The van der Waals surface area contributed by atoms with Crippen molar-refractivity contribution in [2.45, 2.75) is 56.3 Å². The zero-order chi connectivity index (χ0) is 20.8. The molecule has 0 spiro atoms. The third-order valence-corrected chi connectivity index (χ3v) is 6.33. The smallest absolute Gasteiger partial charge is 0.347 e. The maximum atomic E-state index is 12.9. The van der Waals surface area contributed by atoms with Crippen molar-refractivity contribution >= 4 is 11.7 Å². The van der Waals surface area contributed by atoms with E-state index in [-0.39, 0.29) is 17.2 Å². The molecule has 6 rings (SSSR count). The first kappa shape index (κ1) is 19.1. The van der Waals surface area contributed by atoms with Crippen molar-refractivity contribution in [3.8, 4) is 5.75 Å². The molecule has 2 N–H and O–H groups in total. The minimum Gasteiger partial charge on any atom is -0.489 e. The van der Waals surface area contributed by atoms with Crippen molar-refractivity contribution in [1.82, 2.24) is 5.32 Å². The quantitative estimate of drug-likeness (QED) is 0.555. The van der Waals surface area contributed by atoms with Crippen LogP contribution in [0.2, 0.25) is 0 Å². The maximum Gasteiger partial charge on any atom is 0.347 e. The van der Waals surface area contributed by atoms with E-state index in [1.54, 1.807) is 24.3 Å². The number of allylic oxidation sites excluding steroid dienone is 3.